The van der Waals surface area contributed by atoms with Crippen molar-refractivity contribution < 1.29 is 4.42 Å². The van der Waals surface area contributed by atoms with Gasteiger partial charge in [-0.25, -0.2) is 4.79 Å². The molecule has 4 nitrogen and oxygen atoms in total. The van der Waals surface area contributed by atoms with Crippen molar-refractivity contribution in [2.24, 2.45) is 7.05 Å². The summed E-state index contributed by atoms with van der Waals surface area (Å²) in [4.78, 5) is 11.1. The molecule has 0 aliphatic heterocycles. The Balaban J connectivity index is 2.64. The van der Waals surface area contributed by atoms with Crippen LogP contribution in [0, 0.1) is 6.92 Å². The summed E-state index contributed by atoms with van der Waals surface area (Å²) < 4.78 is 6.13. The monoisotopic (exact) mass is 200 g/mol. The number of hydrogen-bond donors (Lipinski definition) is 0. The number of aromatic nitrogens is 2. The van der Waals surface area contributed by atoms with Gasteiger partial charge in [-0.15, -0.1) is 5.10 Å². The molecule has 1 heterocycles. The molecule has 0 saturated heterocycles. The zero-order valence-corrected chi connectivity index (χ0v) is 8.52. The fourth-order valence-corrected chi connectivity index (χ4v) is 1.34. The van der Waals surface area contributed by atoms with E-state index in [9.17, 15) is 4.79 Å². The minimum absolute atomic E-state index is 0.298. The predicted octanol–water partition coefficient (Wildman–Crippen LogP) is 0.143. The fourth-order valence-electron chi connectivity index (χ4n) is 1.34. The van der Waals surface area contributed by atoms with Gasteiger partial charge in [-0.05, 0) is 18.6 Å². The second-order valence-electron chi connectivity index (χ2n) is 3.32. The lowest BCUT2D eigenvalue weighted by Crippen LogP contribution is -2.09. The van der Waals surface area contributed by atoms with E-state index in [1.807, 2.05) is 13.0 Å². The highest BCUT2D eigenvalue weighted by atomic mass is 16.4. The first-order valence-electron chi connectivity index (χ1n) is 4.49. The maximum Gasteiger partial charge on any atom is 0.437 e. The maximum atomic E-state index is 11.1. The molecule has 0 unspecified atom stereocenters. The Bertz CT molecular complexity index is 557. The van der Waals surface area contributed by atoms with Crippen molar-refractivity contribution >= 4 is 13.3 Å². The lowest BCUT2D eigenvalue weighted by Gasteiger charge is -2.03. The molecule has 0 amide bonds. The Morgan fingerprint density at radius 2 is 2.20 bits per heavy atom. The molecule has 0 fully saturated rings. The lowest BCUT2D eigenvalue weighted by molar-refractivity contribution is 0.505. The van der Waals surface area contributed by atoms with Crippen molar-refractivity contribution in [1.82, 2.24) is 9.78 Å². The van der Waals surface area contributed by atoms with Crippen LogP contribution in [0.15, 0.2) is 27.4 Å². The molecule has 15 heavy (non-hydrogen) atoms. The van der Waals surface area contributed by atoms with Crippen LogP contribution in [0.5, 0.6) is 0 Å². The van der Waals surface area contributed by atoms with Crippen LogP contribution in [0.2, 0.25) is 0 Å². The molecule has 74 valence electrons. The average molecular weight is 200 g/mol. The largest absolute Gasteiger partial charge is 0.437 e. The van der Waals surface area contributed by atoms with Gasteiger partial charge < -0.3 is 4.42 Å². The molecule has 0 aliphatic rings. The minimum atomic E-state index is -0.480. The van der Waals surface area contributed by atoms with Gasteiger partial charge in [0.1, 0.15) is 7.85 Å². The second-order valence-corrected chi connectivity index (χ2v) is 3.32. The van der Waals surface area contributed by atoms with Gasteiger partial charge in [-0.2, -0.15) is 4.68 Å². The third-order valence-electron chi connectivity index (χ3n) is 2.30. The molecule has 0 N–H and O–H groups in total. The highest BCUT2D eigenvalue weighted by Crippen LogP contribution is 2.17. The Labute approximate surface area is 87.9 Å². The van der Waals surface area contributed by atoms with Gasteiger partial charge >= 0.3 is 5.76 Å². The third kappa shape index (κ3) is 1.60. The minimum Gasteiger partial charge on any atom is -0.388 e. The normalized spacial score (nSPS) is 10.5. The Kier molecular flexibility index (Phi) is 2.23. The highest BCUT2D eigenvalue weighted by molar-refractivity contribution is 6.33. The maximum absolute atomic E-state index is 11.1. The van der Waals surface area contributed by atoms with Crippen LogP contribution in [-0.4, -0.2) is 17.6 Å². The SMILES string of the molecule is [B]c1cccc(-c2nn(C)c(=O)o2)c1C. The van der Waals surface area contributed by atoms with Gasteiger partial charge in [-0.3, -0.25) is 0 Å². The topological polar surface area (TPSA) is 48.0 Å². The van der Waals surface area contributed by atoms with E-state index in [0.29, 0.717) is 11.4 Å². The first-order chi connectivity index (χ1) is 7.09. The van der Waals surface area contributed by atoms with E-state index in [2.05, 4.69) is 5.10 Å². The van der Waals surface area contributed by atoms with Crippen molar-refractivity contribution in [3.05, 3.63) is 34.3 Å². The summed E-state index contributed by atoms with van der Waals surface area (Å²) in [6, 6.07) is 5.41. The van der Waals surface area contributed by atoms with E-state index < -0.39 is 5.76 Å². The molecule has 2 radical (unpaired) electrons. The fraction of sp³-hybridized carbons (Fsp3) is 0.200. The smallest absolute Gasteiger partial charge is 0.388 e. The predicted molar refractivity (Wildman–Crippen MR) is 57.3 cm³/mol. The van der Waals surface area contributed by atoms with Gasteiger partial charge in [0.2, 0.25) is 5.89 Å². The summed E-state index contributed by atoms with van der Waals surface area (Å²) in [7, 11) is 7.29. The molecule has 1 aromatic carbocycles. The third-order valence-corrected chi connectivity index (χ3v) is 2.30. The van der Waals surface area contributed by atoms with Crippen LogP contribution >= 0.6 is 0 Å². The van der Waals surface area contributed by atoms with E-state index in [1.165, 1.54) is 7.05 Å². The first-order valence-corrected chi connectivity index (χ1v) is 4.49. The summed E-state index contributed by atoms with van der Waals surface area (Å²) in [5.74, 6) is -0.181. The Morgan fingerprint density at radius 3 is 2.80 bits per heavy atom. The van der Waals surface area contributed by atoms with Crippen molar-refractivity contribution in [3.63, 3.8) is 0 Å². The number of hydrogen-bond acceptors (Lipinski definition) is 3. The quantitative estimate of drug-likeness (QED) is 0.615. The van der Waals surface area contributed by atoms with Crippen LogP contribution in [0.25, 0.3) is 11.5 Å². The van der Waals surface area contributed by atoms with Gasteiger partial charge in [0.25, 0.3) is 0 Å². The lowest BCUT2D eigenvalue weighted by atomic mass is 9.88. The van der Waals surface area contributed by atoms with E-state index in [1.54, 1.807) is 12.1 Å². The molecule has 5 heteroatoms. The number of nitrogens with zero attached hydrogens (tertiary/aromatic N) is 2. The number of benzene rings is 1. The summed E-state index contributed by atoms with van der Waals surface area (Å²) in [6.45, 7) is 1.86. The van der Waals surface area contributed by atoms with Crippen molar-refractivity contribution in [3.8, 4) is 11.5 Å². The molecule has 2 rings (SSSR count). The summed E-state index contributed by atoms with van der Waals surface area (Å²) in [6.07, 6.45) is 0. The molecule has 1 aromatic heterocycles. The molecule has 2 aromatic rings. The number of aryl methyl sites for hydroxylation is 1. The van der Waals surface area contributed by atoms with Gasteiger partial charge in [0.15, 0.2) is 0 Å². The summed E-state index contributed by atoms with van der Waals surface area (Å²) in [5.41, 5.74) is 2.26. The number of rotatable bonds is 1. The van der Waals surface area contributed by atoms with E-state index >= 15 is 0 Å². The van der Waals surface area contributed by atoms with E-state index in [-0.39, 0.29) is 0 Å². The van der Waals surface area contributed by atoms with Gasteiger partial charge in [0, 0.05) is 12.6 Å². The van der Waals surface area contributed by atoms with Gasteiger partial charge in [-0.1, -0.05) is 17.6 Å². The van der Waals surface area contributed by atoms with Crippen molar-refractivity contribution in [2.75, 3.05) is 0 Å². The molecular formula is C10H9BN2O2. The van der Waals surface area contributed by atoms with Crippen LogP contribution in [0.1, 0.15) is 5.56 Å². The summed E-state index contributed by atoms with van der Waals surface area (Å²) >= 11 is 0. The van der Waals surface area contributed by atoms with Crippen LogP contribution in [-0.2, 0) is 7.05 Å². The highest BCUT2D eigenvalue weighted by Gasteiger charge is 2.10. The van der Waals surface area contributed by atoms with Crippen molar-refractivity contribution in [1.29, 1.82) is 0 Å². The molecular weight excluding hydrogens is 191 g/mol. The zero-order chi connectivity index (χ0) is 11.0. The molecule has 0 atom stereocenters. The average Bonchev–Trinajstić information content (AvgIpc) is 2.51. The Hall–Kier alpha value is -1.78. The van der Waals surface area contributed by atoms with Crippen molar-refractivity contribution in [2.45, 2.75) is 6.92 Å². The summed E-state index contributed by atoms with van der Waals surface area (Å²) in [5, 5.41) is 3.96. The Morgan fingerprint density at radius 1 is 1.47 bits per heavy atom. The van der Waals surface area contributed by atoms with E-state index in [4.69, 9.17) is 12.3 Å². The van der Waals surface area contributed by atoms with E-state index in [0.717, 1.165) is 15.8 Å². The van der Waals surface area contributed by atoms with Crippen LogP contribution < -0.4 is 11.2 Å². The van der Waals surface area contributed by atoms with Crippen LogP contribution in [0.4, 0.5) is 0 Å². The molecule has 0 spiro atoms. The molecule has 0 saturated carbocycles. The standard InChI is InChI=1S/C10H9BN2O2/c1-6-7(4-3-5-8(6)11)9-12-13(2)10(14)15-9/h3-5H,1-2H3. The molecule has 0 bridgehead atoms. The second kappa shape index (κ2) is 3.42. The first kappa shape index (κ1) is 9.77. The van der Waals surface area contributed by atoms with Crippen LogP contribution in [0.3, 0.4) is 0 Å². The zero-order valence-electron chi connectivity index (χ0n) is 8.52. The molecule has 0 aliphatic carbocycles. The van der Waals surface area contributed by atoms with Gasteiger partial charge in [0.05, 0.1) is 0 Å².